The van der Waals surface area contributed by atoms with Crippen LogP contribution in [-0.4, -0.2) is 29.4 Å². The summed E-state index contributed by atoms with van der Waals surface area (Å²) in [6, 6.07) is 12.6. The zero-order chi connectivity index (χ0) is 20.4. The third-order valence-electron chi connectivity index (χ3n) is 5.39. The van der Waals surface area contributed by atoms with E-state index in [0.29, 0.717) is 17.8 Å². The highest BCUT2D eigenvalue weighted by Crippen LogP contribution is 2.30. The van der Waals surface area contributed by atoms with Crippen molar-refractivity contribution < 1.29 is 19.5 Å². The molecule has 146 valence electrons. The molecule has 6 heteroatoms. The molecule has 6 nitrogen and oxygen atoms in total. The average Bonchev–Trinajstić information content (AvgIpc) is 3.05. The topological polar surface area (TPSA) is 86.7 Å². The highest BCUT2D eigenvalue weighted by Gasteiger charge is 2.35. The third-order valence-corrected chi connectivity index (χ3v) is 5.39. The van der Waals surface area contributed by atoms with Crippen LogP contribution in [0.25, 0.3) is 0 Å². The standard InChI is InChI=1S/C22H24N2O4/c1-13-6-4-9-19(14(13)2)24-12-17(11-20(24)25)21(26)23-18-8-5-7-16(10-18)15(3)22(27)28/h4-10,15,17H,11-12H2,1-3H3,(H,23,26)(H,27,28). The number of rotatable bonds is 5. The van der Waals surface area contributed by atoms with E-state index in [4.69, 9.17) is 5.11 Å². The first kappa shape index (κ1) is 19.6. The number of carboxylic acids is 1. The fourth-order valence-corrected chi connectivity index (χ4v) is 3.42. The molecule has 2 atom stereocenters. The maximum atomic E-state index is 12.7. The Morgan fingerprint density at radius 1 is 1.18 bits per heavy atom. The van der Waals surface area contributed by atoms with Crippen molar-refractivity contribution in [2.24, 2.45) is 5.92 Å². The van der Waals surface area contributed by atoms with Crippen LogP contribution in [0.3, 0.4) is 0 Å². The molecule has 28 heavy (non-hydrogen) atoms. The summed E-state index contributed by atoms with van der Waals surface area (Å²) in [6.07, 6.45) is 0.157. The molecule has 0 saturated carbocycles. The molecule has 0 radical (unpaired) electrons. The van der Waals surface area contributed by atoms with Crippen LogP contribution in [-0.2, 0) is 14.4 Å². The quantitative estimate of drug-likeness (QED) is 0.831. The first-order valence-corrected chi connectivity index (χ1v) is 9.28. The predicted molar refractivity (Wildman–Crippen MR) is 107 cm³/mol. The lowest BCUT2D eigenvalue weighted by Crippen LogP contribution is -2.28. The number of nitrogens with zero attached hydrogens (tertiary/aromatic N) is 1. The number of carbonyl (C=O) groups excluding carboxylic acids is 2. The number of nitrogens with one attached hydrogen (secondary N) is 1. The van der Waals surface area contributed by atoms with Crippen molar-refractivity contribution in [3.05, 3.63) is 59.2 Å². The van der Waals surface area contributed by atoms with Gasteiger partial charge in [0, 0.05) is 24.3 Å². The molecule has 2 aromatic carbocycles. The summed E-state index contributed by atoms with van der Waals surface area (Å²) in [5.41, 5.74) is 4.13. The highest BCUT2D eigenvalue weighted by atomic mass is 16.4. The van der Waals surface area contributed by atoms with E-state index < -0.39 is 17.8 Å². The maximum Gasteiger partial charge on any atom is 0.310 e. The summed E-state index contributed by atoms with van der Waals surface area (Å²) in [5.74, 6) is -2.34. The molecule has 2 unspecified atom stereocenters. The van der Waals surface area contributed by atoms with Gasteiger partial charge in [0.1, 0.15) is 0 Å². The molecule has 1 fully saturated rings. The molecule has 2 aromatic rings. The predicted octanol–water partition coefficient (Wildman–Crippen LogP) is 3.48. The van der Waals surface area contributed by atoms with Gasteiger partial charge in [-0.25, -0.2) is 0 Å². The van der Waals surface area contributed by atoms with Gasteiger partial charge in [0.25, 0.3) is 0 Å². The van der Waals surface area contributed by atoms with Gasteiger partial charge in [0.15, 0.2) is 0 Å². The van der Waals surface area contributed by atoms with Crippen molar-refractivity contribution >= 4 is 29.2 Å². The van der Waals surface area contributed by atoms with Gasteiger partial charge in [0.2, 0.25) is 11.8 Å². The van der Waals surface area contributed by atoms with Crippen LogP contribution in [0.1, 0.15) is 36.0 Å². The highest BCUT2D eigenvalue weighted by molar-refractivity contribution is 6.04. The number of aliphatic carboxylic acids is 1. The van der Waals surface area contributed by atoms with Crippen LogP contribution in [0, 0.1) is 19.8 Å². The third kappa shape index (κ3) is 3.91. The van der Waals surface area contributed by atoms with E-state index in [1.165, 1.54) is 0 Å². The number of amides is 2. The molecule has 1 aliphatic rings. The lowest BCUT2D eigenvalue weighted by molar-refractivity contribution is -0.138. The van der Waals surface area contributed by atoms with Gasteiger partial charge < -0.3 is 15.3 Å². The second-order valence-corrected chi connectivity index (χ2v) is 7.30. The van der Waals surface area contributed by atoms with Gasteiger partial charge in [0.05, 0.1) is 11.8 Å². The summed E-state index contributed by atoms with van der Waals surface area (Å²) in [4.78, 5) is 38.0. The van der Waals surface area contributed by atoms with E-state index in [-0.39, 0.29) is 18.2 Å². The molecular weight excluding hydrogens is 356 g/mol. The summed E-state index contributed by atoms with van der Waals surface area (Å²) in [6.45, 7) is 5.90. The lowest BCUT2D eigenvalue weighted by Gasteiger charge is -2.20. The normalized spacial score (nSPS) is 17.5. The Kier molecular flexibility index (Phi) is 5.49. The van der Waals surface area contributed by atoms with E-state index in [1.807, 2.05) is 32.0 Å². The molecule has 1 heterocycles. The second-order valence-electron chi connectivity index (χ2n) is 7.30. The molecule has 1 saturated heterocycles. The summed E-state index contributed by atoms with van der Waals surface area (Å²) in [7, 11) is 0. The first-order valence-electron chi connectivity index (χ1n) is 9.28. The van der Waals surface area contributed by atoms with Gasteiger partial charge in [-0.05, 0) is 55.7 Å². The zero-order valence-corrected chi connectivity index (χ0v) is 16.2. The number of hydrogen-bond donors (Lipinski definition) is 2. The summed E-state index contributed by atoms with van der Waals surface area (Å²) in [5, 5.41) is 12.0. The van der Waals surface area contributed by atoms with Crippen LogP contribution in [0.2, 0.25) is 0 Å². The van der Waals surface area contributed by atoms with E-state index in [0.717, 1.165) is 16.8 Å². The molecule has 0 aromatic heterocycles. The Morgan fingerprint density at radius 3 is 2.61 bits per heavy atom. The van der Waals surface area contributed by atoms with Gasteiger partial charge >= 0.3 is 5.97 Å². The van der Waals surface area contributed by atoms with Crippen molar-refractivity contribution in [3.63, 3.8) is 0 Å². The van der Waals surface area contributed by atoms with Crippen molar-refractivity contribution in [2.75, 3.05) is 16.8 Å². The number of carboxylic acid groups (broad SMARTS) is 1. The maximum absolute atomic E-state index is 12.7. The van der Waals surface area contributed by atoms with E-state index in [2.05, 4.69) is 5.32 Å². The minimum atomic E-state index is -0.922. The Labute approximate surface area is 164 Å². The van der Waals surface area contributed by atoms with Crippen molar-refractivity contribution in [1.29, 1.82) is 0 Å². The smallest absolute Gasteiger partial charge is 0.310 e. The van der Waals surface area contributed by atoms with Gasteiger partial charge in [-0.1, -0.05) is 24.3 Å². The van der Waals surface area contributed by atoms with Crippen molar-refractivity contribution in [3.8, 4) is 0 Å². The fourth-order valence-electron chi connectivity index (χ4n) is 3.42. The summed E-state index contributed by atoms with van der Waals surface area (Å²) >= 11 is 0. The number of hydrogen-bond acceptors (Lipinski definition) is 3. The van der Waals surface area contributed by atoms with E-state index in [9.17, 15) is 14.4 Å². The minimum Gasteiger partial charge on any atom is -0.481 e. The Morgan fingerprint density at radius 2 is 1.89 bits per heavy atom. The SMILES string of the molecule is Cc1cccc(N2CC(C(=O)Nc3cccc(C(C)C(=O)O)c3)CC2=O)c1C. The zero-order valence-electron chi connectivity index (χ0n) is 16.2. The number of anilines is 2. The van der Waals surface area contributed by atoms with Gasteiger partial charge in [-0.15, -0.1) is 0 Å². The Bertz CT molecular complexity index is 938. The minimum absolute atomic E-state index is 0.0675. The second kappa shape index (κ2) is 7.84. The lowest BCUT2D eigenvalue weighted by atomic mass is 10.0. The Hall–Kier alpha value is -3.15. The number of carbonyl (C=O) groups is 3. The van der Waals surface area contributed by atoms with Gasteiger partial charge in [-0.2, -0.15) is 0 Å². The molecular formula is C22H24N2O4. The summed E-state index contributed by atoms with van der Waals surface area (Å²) < 4.78 is 0. The number of benzene rings is 2. The van der Waals surface area contributed by atoms with Crippen molar-refractivity contribution in [1.82, 2.24) is 0 Å². The molecule has 2 N–H and O–H groups in total. The molecule has 0 aliphatic carbocycles. The van der Waals surface area contributed by atoms with Crippen LogP contribution in [0.15, 0.2) is 42.5 Å². The molecule has 0 bridgehead atoms. The molecule has 3 rings (SSSR count). The van der Waals surface area contributed by atoms with Crippen LogP contribution in [0.4, 0.5) is 11.4 Å². The van der Waals surface area contributed by atoms with Crippen LogP contribution in [0.5, 0.6) is 0 Å². The van der Waals surface area contributed by atoms with E-state index >= 15 is 0 Å². The number of aryl methyl sites for hydroxylation is 1. The van der Waals surface area contributed by atoms with E-state index in [1.54, 1.807) is 36.1 Å². The van der Waals surface area contributed by atoms with Crippen molar-refractivity contribution in [2.45, 2.75) is 33.1 Å². The van der Waals surface area contributed by atoms with Crippen LogP contribution < -0.4 is 10.2 Å². The molecule has 0 spiro atoms. The first-order chi connectivity index (χ1) is 13.3. The van der Waals surface area contributed by atoms with Crippen LogP contribution >= 0.6 is 0 Å². The monoisotopic (exact) mass is 380 g/mol. The fraction of sp³-hybridized carbons (Fsp3) is 0.318. The average molecular weight is 380 g/mol. The van der Waals surface area contributed by atoms with Gasteiger partial charge in [-0.3, -0.25) is 14.4 Å². The molecule has 1 aliphatic heterocycles. The largest absolute Gasteiger partial charge is 0.481 e. The Balaban J connectivity index is 1.73. The molecule has 2 amide bonds.